The summed E-state index contributed by atoms with van der Waals surface area (Å²) in [5, 5.41) is 16.6. The van der Waals surface area contributed by atoms with Gasteiger partial charge in [-0.25, -0.2) is 14.8 Å². The molecular weight excluding hydrogens is 372 g/mol. The van der Waals surface area contributed by atoms with Crippen LogP contribution in [0.4, 0.5) is 16.3 Å². The lowest BCUT2D eigenvalue weighted by molar-refractivity contribution is 0.258. The van der Waals surface area contributed by atoms with E-state index in [0.717, 1.165) is 15.9 Å². The number of aromatic nitrogens is 6. The van der Waals surface area contributed by atoms with Crippen LogP contribution < -0.4 is 10.2 Å². The normalized spacial score (nSPS) is 10.8. The van der Waals surface area contributed by atoms with Crippen LogP contribution in [0.3, 0.4) is 0 Å². The maximum atomic E-state index is 12.5. The van der Waals surface area contributed by atoms with Gasteiger partial charge in [0.1, 0.15) is 20.5 Å². The van der Waals surface area contributed by atoms with Crippen molar-refractivity contribution in [2.24, 2.45) is 0 Å². The summed E-state index contributed by atoms with van der Waals surface area (Å²) in [5.41, 5.74) is 2.20. The highest BCUT2D eigenvalue weighted by Crippen LogP contribution is 2.25. The number of fused-ring (bicyclic) bond motifs is 1. The zero-order valence-corrected chi connectivity index (χ0v) is 15.1. The Hall–Kier alpha value is -3.05. The number of carbonyl (C=O) groups excluding carboxylic acids is 1. The number of carbonyl (C=O) groups is 1. The summed E-state index contributed by atoms with van der Waals surface area (Å²) in [6.45, 7) is 0. The van der Waals surface area contributed by atoms with E-state index in [4.69, 9.17) is 0 Å². The van der Waals surface area contributed by atoms with Gasteiger partial charge in [-0.2, -0.15) is 5.21 Å². The number of thiol groups is 1. The number of H-pyrrole nitrogens is 1. The maximum Gasteiger partial charge on any atom is 0.327 e. The average Bonchev–Trinajstić information content (AvgIpc) is 3.29. The summed E-state index contributed by atoms with van der Waals surface area (Å²) in [7, 11) is 1.65. The molecule has 0 radical (unpaired) electrons. The topological polar surface area (TPSA) is 113 Å². The Bertz CT molecular complexity index is 1060. The number of thiazole rings is 1. The minimum atomic E-state index is -0.306. The van der Waals surface area contributed by atoms with Crippen molar-refractivity contribution in [1.82, 2.24) is 30.6 Å². The number of benzene rings is 1. The summed E-state index contributed by atoms with van der Waals surface area (Å²) in [6.07, 6.45) is 0. The number of aromatic amines is 1. The largest absolute Gasteiger partial charge is 0.327 e. The number of anilines is 2. The molecule has 0 atom stereocenters. The van der Waals surface area contributed by atoms with Crippen LogP contribution in [0.25, 0.3) is 21.7 Å². The van der Waals surface area contributed by atoms with E-state index >= 15 is 0 Å². The molecule has 0 unspecified atom stereocenters. The third-order valence-corrected chi connectivity index (χ3v) is 4.76. The summed E-state index contributed by atoms with van der Waals surface area (Å²) in [5.74, 6) is 1.01. The first-order chi connectivity index (χ1) is 12.6. The predicted molar refractivity (Wildman–Crippen MR) is 102 cm³/mol. The van der Waals surface area contributed by atoms with Crippen LogP contribution in [0.5, 0.6) is 0 Å². The van der Waals surface area contributed by atoms with E-state index in [0.29, 0.717) is 21.7 Å². The van der Waals surface area contributed by atoms with Crippen LogP contribution in [-0.4, -0.2) is 43.7 Å². The Morgan fingerprint density at radius 3 is 2.73 bits per heavy atom. The molecule has 3 aromatic heterocycles. The second kappa shape index (κ2) is 6.69. The van der Waals surface area contributed by atoms with Gasteiger partial charge in [-0.3, -0.25) is 4.90 Å². The Kier molecular flexibility index (Phi) is 4.22. The fourth-order valence-electron chi connectivity index (χ4n) is 2.28. The van der Waals surface area contributed by atoms with Gasteiger partial charge in [0, 0.05) is 18.3 Å². The second-order valence-electron chi connectivity index (χ2n) is 5.29. The number of nitrogens with zero attached hydrogens (tertiary/aromatic N) is 6. The van der Waals surface area contributed by atoms with Gasteiger partial charge < -0.3 is 5.32 Å². The highest BCUT2D eigenvalue weighted by molar-refractivity contribution is 7.82. The van der Waals surface area contributed by atoms with Gasteiger partial charge in [-0.05, 0) is 41.6 Å². The number of tetrazole rings is 1. The lowest BCUT2D eigenvalue weighted by atomic mass is 10.2. The number of hydrogen-bond acceptors (Lipinski definition) is 8. The summed E-state index contributed by atoms with van der Waals surface area (Å²) >= 11 is 5.59. The van der Waals surface area contributed by atoms with Crippen LogP contribution >= 0.6 is 24.0 Å². The third kappa shape index (κ3) is 3.21. The fourth-order valence-corrected chi connectivity index (χ4v) is 3.32. The summed E-state index contributed by atoms with van der Waals surface area (Å²) in [4.78, 5) is 23.3. The molecule has 3 heterocycles. The van der Waals surface area contributed by atoms with E-state index in [-0.39, 0.29) is 6.03 Å². The van der Waals surface area contributed by atoms with Crippen molar-refractivity contribution in [1.29, 1.82) is 0 Å². The number of nitrogens with one attached hydrogen (secondary N) is 2. The molecule has 0 bridgehead atoms. The first kappa shape index (κ1) is 16.4. The average molecular weight is 384 g/mol. The molecule has 4 aromatic rings. The highest BCUT2D eigenvalue weighted by Gasteiger charge is 2.14. The molecule has 0 saturated carbocycles. The van der Waals surface area contributed by atoms with E-state index < -0.39 is 0 Å². The lowest BCUT2D eigenvalue weighted by Crippen LogP contribution is -2.31. The Balaban J connectivity index is 1.49. The van der Waals surface area contributed by atoms with E-state index in [9.17, 15) is 4.79 Å². The second-order valence-corrected chi connectivity index (χ2v) is 7.00. The van der Waals surface area contributed by atoms with Gasteiger partial charge in [0.25, 0.3) is 0 Å². The van der Waals surface area contributed by atoms with Crippen molar-refractivity contribution >= 4 is 51.8 Å². The molecule has 0 saturated heterocycles. The van der Waals surface area contributed by atoms with Crippen LogP contribution in [0, 0.1) is 0 Å². The van der Waals surface area contributed by atoms with Gasteiger partial charge in [-0.15, -0.1) is 22.8 Å². The Morgan fingerprint density at radius 1 is 1.19 bits per heavy atom. The first-order valence-electron chi connectivity index (χ1n) is 7.45. The molecule has 0 aliphatic rings. The predicted octanol–water partition coefficient (Wildman–Crippen LogP) is 2.83. The van der Waals surface area contributed by atoms with E-state index in [1.165, 1.54) is 16.2 Å². The van der Waals surface area contributed by atoms with Crippen LogP contribution in [-0.2, 0) is 0 Å². The SMILES string of the molecule is CN(C(=O)Nc1ccc(-c2nn[nH]n2)cc1)c1ccc2nc(S)sc2n1. The van der Waals surface area contributed by atoms with E-state index in [2.05, 4.69) is 48.5 Å². The van der Waals surface area contributed by atoms with Crippen molar-refractivity contribution in [2.75, 3.05) is 17.3 Å². The molecule has 2 N–H and O–H groups in total. The minimum Gasteiger partial charge on any atom is -0.308 e. The standard InChI is InChI=1S/C15H12N8OS2/c1-23(11-7-6-10-13(18-11)26-15(25)17-10)14(24)16-9-4-2-8(3-5-9)12-19-21-22-20-12/h2-7H,1H3,(H,16,24)(H,17,25)(H,19,20,21,22). The fraction of sp³-hybridized carbons (Fsp3) is 0.0667. The molecular formula is C15H12N8OS2. The minimum absolute atomic E-state index is 0.306. The molecule has 1 aromatic carbocycles. The Morgan fingerprint density at radius 2 is 2.00 bits per heavy atom. The van der Waals surface area contributed by atoms with Gasteiger partial charge >= 0.3 is 6.03 Å². The molecule has 0 aliphatic heterocycles. The maximum absolute atomic E-state index is 12.5. The number of rotatable bonds is 3. The molecule has 2 amide bonds. The number of amides is 2. The number of pyridine rings is 1. The molecule has 0 fully saturated rings. The monoisotopic (exact) mass is 384 g/mol. The van der Waals surface area contributed by atoms with Crippen molar-refractivity contribution in [2.45, 2.75) is 4.34 Å². The zero-order valence-electron chi connectivity index (χ0n) is 13.4. The van der Waals surface area contributed by atoms with Crippen LogP contribution in [0.1, 0.15) is 0 Å². The molecule has 0 spiro atoms. The molecule has 4 rings (SSSR count). The number of urea groups is 1. The molecule has 130 valence electrons. The van der Waals surface area contributed by atoms with Crippen molar-refractivity contribution in [3.8, 4) is 11.4 Å². The molecule has 11 heteroatoms. The van der Waals surface area contributed by atoms with E-state index in [1.54, 1.807) is 37.4 Å². The van der Waals surface area contributed by atoms with Crippen LogP contribution in [0.15, 0.2) is 40.7 Å². The Labute approximate surface area is 156 Å². The van der Waals surface area contributed by atoms with E-state index in [1.807, 2.05) is 6.07 Å². The quantitative estimate of drug-likeness (QED) is 0.468. The van der Waals surface area contributed by atoms with Crippen molar-refractivity contribution < 1.29 is 4.79 Å². The zero-order chi connectivity index (χ0) is 18.1. The molecule has 0 aliphatic carbocycles. The molecule has 9 nitrogen and oxygen atoms in total. The van der Waals surface area contributed by atoms with Gasteiger partial charge in [0.2, 0.25) is 5.82 Å². The van der Waals surface area contributed by atoms with Gasteiger partial charge in [0.15, 0.2) is 0 Å². The summed E-state index contributed by atoms with van der Waals surface area (Å²) in [6, 6.07) is 10.4. The summed E-state index contributed by atoms with van der Waals surface area (Å²) < 4.78 is 0.637. The molecule has 26 heavy (non-hydrogen) atoms. The van der Waals surface area contributed by atoms with Gasteiger partial charge in [-0.1, -0.05) is 11.3 Å². The lowest BCUT2D eigenvalue weighted by Gasteiger charge is -2.17. The van der Waals surface area contributed by atoms with Crippen LogP contribution in [0.2, 0.25) is 0 Å². The smallest absolute Gasteiger partial charge is 0.308 e. The number of hydrogen-bond donors (Lipinski definition) is 3. The van der Waals surface area contributed by atoms with Crippen molar-refractivity contribution in [3.63, 3.8) is 0 Å². The third-order valence-electron chi connectivity index (χ3n) is 3.62. The highest BCUT2D eigenvalue weighted by atomic mass is 32.2. The van der Waals surface area contributed by atoms with Crippen molar-refractivity contribution in [3.05, 3.63) is 36.4 Å². The van der Waals surface area contributed by atoms with Gasteiger partial charge in [0.05, 0.1) is 0 Å². The first-order valence-corrected chi connectivity index (χ1v) is 8.72.